The third-order valence-corrected chi connectivity index (χ3v) is 3.36. The molecule has 98 valence electrons. The van der Waals surface area contributed by atoms with Crippen LogP contribution in [0.25, 0.3) is 0 Å². The Kier molecular flexibility index (Phi) is 3.57. The molecule has 0 unspecified atom stereocenters. The first-order valence-electron chi connectivity index (χ1n) is 6.22. The average molecular weight is 248 g/mol. The van der Waals surface area contributed by atoms with Gasteiger partial charge in [-0.05, 0) is 38.9 Å². The Bertz CT molecular complexity index is 443. The molecule has 0 aromatic heterocycles. The van der Waals surface area contributed by atoms with Crippen LogP contribution >= 0.6 is 0 Å². The molecule has 0 aliphatic carbocycles. The molecule has 0 spiro atoms. The van der Waals surface area contributed by atoms with Crippen molar-refractivity contribution in [1.82, 2.24) is 5.32 Å². The van der Waals surface area contributed by atoms with Gasteiger partial charge in [-0.3, -0.25) is 4.79 Å². The van der Waals surface area contributed by atoms with Gasteiger partial charge in [-0.15, -0.1) is 0 Å². The lowest BCUT2D eigenvalue weighted by atomic mass is 9.97. The maximum absolute atomic E-state index is 12.3. The van der Waals surface area contributed by atoms with Gasteiger partial charge in [-0.25, -0.2) is 0 Å². The molecule has 2 rings (SSSR count). The summed E-state index contributed by atoms with van der Waals surface area (Å²) in [6, 6.07) is 7.66. The van der Waals surface area contributed by atoms with Gasteiger partial charge in [0.05, 0.1) is 13.7 Å². The van der Waals surface area contributed by atoms with Crippen molar-refractivity contribution < 1.29 is 9.53 Å². The van der Waals surface area contributed by atoms with Gasteiger partial charge < -0.3 is 15.0 Å². The topological polar surface area (TPSA) is 41.6 Å². The summed E-state index contributed by atoms with van der Waals surface area (Å²) in [5.41, 5.74) is 0.709. The van der Waals surface area contributed by atoms with E-state index in [-0.39, 0.29) is 11.4 Å². The molecule has 1 aromatic rings. The van der Waals surface area contributed by atoms with Crippen LogP contribution in [0.4, 0.5) is 5.69 Å². The fraction of sp³-hybridized carbons (Fsp3) is 0.500. The number of amides is 1. The van der Waals surface area contributed by atoms with Gasteiger partial charge in [-0.1, -0.05) is 6.07 Å². The van der Waals surface area contributed by atoms with E-state index in [1.807, 2.05) is 29.2 Å². The van der Waals surface area contributed by atoms with Crippen LogP contribution < -0.4 is 15.0 Å². The quantitative estimate of drug-likeness (QED) is 0.867. The second-order valence-corrected chi connectivity index (χ2v) is 5.17. The van der Waals surface area contributed by atoms with Crippen molar-refractivity contribution in [3.05, 3.63) is 24.3 Å². The van der Waals surface area contributed by atoms with E-state index in [0.717, 1.165) is 24.4 Å². The highest BCUT2D eigenvalue weighted by Gasteiger charge is 2.33. The highest BCUT2D eigenvalue weighted by molar-refractivity contribution is 5.96. The summed E-state index contributed by atoms with van der Waals surface area (Å²) < 4.78 is 5.23. The van der Waals surface area contributed by atoms with Crippen molar-refractivity contribution in [3.63, 3.8) is 0 Å². The lowest BCUT2D eigenvalue weighted by Crippen LogP contribution is -2.48. The molecule has 0 saturated carbocycles. The maximum atomic E-state index is 12.3. The molecule has 1 heterocycles. The van der Waals surface area contributed by atoms with Gasteiger partial charge in [0.15, 0.2) is 0 Å². The lowest BCUT2D eigenvalue weighted by molar-refractivity contribution is -0.118. The molecule has 4 nitrogen and oxygen atoms in total. The van der Waals surface area contributed by atoms with Gasteiger partial charge in [-0.2, -0.15) is 0 Å². The van der Waals surface area contributed by atoms with Crippen LogP contribution in [0.3, 0.4) is 0 Å². The van der Waals surface area contributed by atoms with Crippen LogP contribution in [0.5, 0.6) is 5.75 Å². The van der Waals surface area contributed by atoms with E-state index in [9.17, 15) is 4.79 Å². The minimum Gasteiger partial charge on any atom is -0.497 e. The Morgan fingerprint density at radius 1 is 1.39 bits per heavy atom. The average Bonchev–Trinajstić information content (AvgIpc) is 2.47. The molecule has 0 bridgehead atoms. The Hall–Kier alpha value is -1.55. The van der Waals surface area contributed by atoms with E-state index in [1.165, 1.54) is 0 Å². The Balaban J connectivity index is 2.40. The molecule has 1 amide bonds. The number of carbonyl (C=O) groups excluding carboxylic acids is 1. The number of hydrogen-bond acceptors (Lipinski definition) is 3. The molecule has 0 radical (unpaired) electrons. The summed E-state index contributed by atoms with van der Waals surface area (Å²) in [4.78, 5) is 14.1. The second-order valence-electron chi connectivity index (χ2n) is 5.17. The van der Waals surface area contributed by atoms with Crippen LogP contribution in [0, 0.1) is 0 Å². The van der Waals surface area contributed by atoms with Crippen LogP contribution in [-0.2, 0) is 4.79 Å². The summed E-state index contributed by atoms with van der Waals surface area (Å²) >= 11 is 0. The molecular formula is C14H20N2O2. The third kappa shape index (κ3) is 2.48. The highest BCUT2D eigenvalue weighted by Crippen LogP contribution is 2.30. The monoisotopic (exact) mass is 248 g/mol. The van der Waals surface area contributed by atoms with E-state index < -0.39 is 0 Å². The van der Waals surface area contributed by atoms with Gasteiger partial charge in [0, 0.05) is 17.3 Å². The summed E-state index contributed by atoms with van der Waals surface area (Å²) in [6.45, 7) is 5.44. The molecular weight excluding hydrogens is 228 g/mol. The number of hydrogen-bond donors (Lipinski definition) is 1. The number of benzene rings is 1. The van der Waals surface area contributed by atoms with Crippen LogP contribution in [-0.4, -0.2) is 31.6 Å². The first-order chi connectivity index (χ1) is 8.54. The fourth-order valence-corrected chi connectivity index (χ4v) is 2.36. The Morgan fingerprint density at radius 2 is 2.17 bits per heavy atom. The largest absolute Gasteiger partial charge is 0.497 e. The normalized spacial score (nSPS) is 19.5. The number of anilines is 1. The second kappa shape index (κ2) is 4.98. The lowest BCUT2D eigenvalue weighted by Gasteiger charge is -2.37. The van der Waals surface area contributed by atoms with Crippen molar-refractivity contribution in [1.29, 1.82) is 0 Å². The molecule has 1 aromatic carbocycles. The standard InChI is InChI=1S/C14H20N2O2/c1-14(2)7-8-15-10-13(17)16(14)11-5-4-6-12(9-11)18-3/h4-6,9,15H,7-8,10H2,1-3H3. The molecule has 18 heavy (non-hydrogen) atoms. The van der Waals surface area contributed by atoms with Crippen LogP contribution in [0.1, 0.15) is 20.3 Å². The molecule has 1 fully saturated rings. The van der Waals surface area contributed by atoms with E-state index in [1.54, 1.807) is 7.11 Å². The predicted molar refractivity (Wildman–Crippen MR) is 72.0 cm³/mol. The third-order valence-electron chi connectivity index (χ3n) is 3.36. The Morgan fingerprint density at radius 3 is 2.89 bits per heavy atom. The molecule has 0 atom stereocenters. The minimum atomic E-state index is -0.188. The van der Waals surface area contributed by atoms with Gasteiger partial charge in [0.2, 0.25) is 5.91 Å². The number of nitrogens with zero attached hydrogens (tertiary/aromatic N) is 1. The predicted octanol–water partition coefficient (Wildman–Crippen LogP) is 1.80. The smallest absolute Gasteiger partial charge is 0.241 e. The number of carbonyl (C=O) groups is 1. The van der Waals surface area contributed by atoms with Gasteiger partial charge in [0.25, 0.3) is 0 Å². The summed E-state index contributed by atoms with van der Waals surface area (Å²) in [7, 11) is 1.63. The van der Waals surface area contributed by atoms with Crippen molar-refractivity contribution in [3.8, 4) is 5.75 Å². The Labute approximate surface area is 108 Å². The minimum absolute atomic E-state index is 0.103. The van der Waals surface area contributed by atoms with E-state index in [2.05, 4.69) is 19.2 Å². The van der Waals surface area contributed by atoms with Crippen molar-refractivity contribution in [2.24, 2.45) is 0 Å². The molecule has 1 aliphatic rings. The van der Waals surface area contributed by atoms with Crippen LogP contribution in [0.2, 0.25) is 0 Å². The van der Waals surface area contributed by atoms with E-state index >= 15 is 0 Å². The SMILES string of the molecule is COc1cccc(N2C(=O)CNCCC2(C)C)c1. The van der Waals surface area contributed by atoms with Crippen molar-refractivity contribution in [2.75, 3.05) is 25.1 Å². The van der Waals surface area contributed by atoms with Crippen molar-refractivity contribution in [2.45, 2.75) is 25.8 Å². The fourth-order valence-electron chi connectivity index (χ4n) is 2.36. The van der Waals surface area contributed by atoms with Gasteiger partial charge in [0.1, 0.15) is 5.75 Å². The van der Waals surface area contributed by atoms with Crippen LogP contribution in [0.15, 0.2) is 24.3 Å². The summed E-state index contributed by atoms with van der Waals surface area (Å²) in [5.74, 6) is 0.874. The zero-order valence-electron chi connectivity index (χ0n) is 11.2. The number of nitrogens with one attached hydrogen (secondary N) is 1. The molecule has 1 saturated heterocycles. The molecule has 1 aliphatic heterocycles. The van der Waals surface area contributed by atoms with Crippen molar-refractivity contribution >= 4 is 11.6 Å². The molecule has 1 N–H and O–H groups in total. The first-order valence-corrected chi connectivity index (χ1v) is 6.22. The summed E-state index contributed by atoms with van der Waals surface area (Å²) in [5, 5.41) is 3.16. The maximum Gasteiger partial charge on any atom is 0.241 e. The molecule has 4 heteroatoms. The number of rotatable bonds is 2. The zero-order chi connectivity index (χ0) is 13.2. The van der Waals surface area contributed by atoms with Gasteiger partial charge >= 0.3 is 0 Å². The zero-order valence-corrected chi connectivity index (χ0v) is 11.2. The van der Waals surface area contributed by atoms with E-state index in [0.29, 0.717) is 6.54 Å². The first kappa shape index (κ1) is 12.9. The highest BCUT2D eigenvalue weighted by atomic mass is 16.5. The van der Waals surface area contributed by atoms with E-state index in [4.69, 9.17) is 4.74 Å². The number of methoxy groups -OCH3 is 1. The summed E-state index contributed by atoms with van der Waals surface area (Å²) in [6.07, 6.45) is 0.927. The number of ether oxygens (including phenoxy) is 1.